The fourth-order valence-corrected chi connectivity index (χ4v) is 1.86. The van der Waals surface area contributed by atoms with E-state index >= 15 is 0 Å². The molecular formula is C12H27N3O2. The lowest BCUT2D eigenvalue weighted by Gasteiger charge is -2.25. The molecule has 0 fully saturated rings. The molecule has 1 atom stereocenters. The third kappa shape index (κ3) is 8.94. The van der Waals surface area contributed by atoms with Gasteiger partial charge in [0.1, 0.15) is 5.84 Å². The number of oxime groups is 1. The van der Waals surface area contributed by atoms with Crippen molar-refractivity contribution in [2.24, 2.45) is 16.8 Å². The molecule has 0 saturated heterocycles. The standard InChI is InChI=1S/C12H27N3O2/c1-4-5-11(2)10-15(8-9-17-3)7-6-12(13)14-16/h11,16H,4-10H2,1-3H3,(H2,13,14). The molecule has 0 aromatic rings. The van der Waals surface area contributed by atoms with Gasteiger partial charge in [0.25, 0.3) is 0 Å². The summed E-state index contributed by atoms with van der Waals surface area (Å²) in [5, 5.41) is 11.5. The van der Waals surface area contributed by atoms with Crippen LogP contribution in [0.1, 0.15) is 33.1 Å². The average Bonchev–Trinajstić information content (AvgIpc) is 2.32. The molecule has 3 N–H and O–H groups in total. The number of ether oxygens (including phenoxy) is 1. The van der Waals surface area contributed by atoms with Crippen molar-refractivity contribution in [1.29, 1.82) is 0 Å². The first-order valence-electron chi connectivity index (χ1n) is 6.31. The van der Waals surface area contributed by atoms with Crippen molar-refractivity contribution in [3.63, 3.8) is 0 Å². The van der Waals surface area contributed by atoms with Gasteiger partial charge in [-0.3, -0.25) is 0 Å². The van der Waals surface area contributed by atoms with Crippen molar-refractivity contribution in [3.8, 4) is 0 Å². The molecule has 0 radical (unpaired) electrons. The van der Waals surface area contributed by atoms with Crippen LogP contribution in [0.4, 0.5) is 0 Å². The van der Waals surface area contributed by atoms with Crippen LogP contribution >= 0.6 is 0 Å². The predicted molar refractivity (Wildman–Crippen MR) is 70.4 cm³/mol. The Labute approximate surface area is 105 Å². The summed E-state index contributed by atoms with van der Waals surface area (Å²) < 4.78 is 5.09. The van der Waals surface area contributed by atoms with E-state index in [4.69, 9.17) is 15.7 Å². The summed E-state index contributed by atoms with van der Waals surface area (Å²) in [6.45, 7) is 7.92. The number of hydrogen-bond acceptors (Lipinski definition) is 4. The molecule has 0 aromatic carbocycles. The van der Waals surface area contributed by atoms with E-state index in [1.807, 2.05) is 0 Å². The minimum absolute atomic E-state index is 0.288. The number of rotatable bonds is 10. The predicted octanol–water partition coefficient (Wildman–Crippen LogP) is 1.51. The van der Waals surface area contributed by atoms with Crippen molar-refractivity contribution in [1.82, 2.24) is 4.90 Å². The molecule has 0 bridgehead atoms. The maximum Gasteiger partial charge on any atom is 0.140 e. The minimum Gasteiger partial charge on any atom is -0.409 e. The molecule has 1 unspecified atom stereocenters. The first kappa shape index (κ1) is 16.2. The highest BCUT2D eigenvalue weighted by Gasteiger charge is 2.10. The summed E-state index contributed by atoms with van der Waals surface area (Å²) in [4.78, 5) is 2.31. The fraction of sp³-hybridized carbons (Fsp3) is 0.917. The van der Waals surface area contributed by atoms with Gasteiger partial charge in [-0.15, -0.1) is 0 Å². The molecule has 0 aliphatic heterocycles. The van der Waals surface area contributed by atoms with Crippen LogP contribution in [0.3, 0.4) is 0 Å². The molecule has 0 aromatic heterocycles. The molecule has 0 heterocycles. The highest BCUT2D eigenvalue weighted by Crippen LogP contribution is 2.08. The average molecular weight is 245 g/mol. The Balaban J connectivity index is 4.03. The third-order valence-corrected chi connectivity index (χ3v) is 2.78. The smallest absolute Gasteiger partial charge is 0.140 e. The van der Waals surface area contributed by atoms with Crippen LogP contribution in [0.2, 0.25) is 0 Å². The second-order valence-electron chi connectivity index (χ2n) is 4.53. The van der Waals surface area contributed by atoms with Crippen molar-refractivity contribution >= 4 is 5.84 Å². The molecule has 0 saturated carbocycles. The van der Waals surface area contributed by atoms with Gasteiger partial charge in [-0.05, 0) is 12.3 Å². The van der Waals surface area contributed by atoms with Crippen LogP contribution in [0, 0.1) is 5.92 Å². The van der Waals surface area contributed by atoms with E-state index in [0.717, 1.165) is 26.2 Å². The van der Waals surface area contributed by atoms with Gasteiger partial charge in [0.2, 0.25) is 0 Å². The van der Waals surface area contributed by atoms with E-state index in [0.29, 0.717) is 12.3 Å². The lowest BCUT2D eigenvalue weighted by Crippen LogP contribution is -2.34. The minimum atomic E-state index is 0.288. The molecule has 0 aliphatic carbocycles. The topological polar surface area (TPSA) is 71.1 Å². The Kier molecular flexibility index (Phi) is 9.86. The van der Waals surface area contributed by atoms with Gasteiger partial charge in [0.05, 0.1) is 6.61 Å². The van der Waals surface area contributed by atoms with Crippen LogP contribution in [-0.4, -0.2) is 49.3 Å². The van der Waals surface area contributed by atoms with Gasteiger partial charge in [0.15, 0.2) is 0 Å². The van der Waals surface area contributed by atoms with Crippen LogP contribution in [0.25, 0.3) is 0 Å². The molecule has 0 rings (SSSR count). The van der Waals surface area contributed by atoms with E-state index in [1.54, 1.807) is 7.11 Å². The molecule has 0 amide bonds. The molecular weight excluding hydrogens is 218 g/mol. The lowest BCUT2D eigenvalue weighted by atomic mass is 10.1. The van der Waals surface area contributed by atoms with Crippen LogP contribution in [-0.2, 0) is 4.74 Å². The normalized spacial score (nSPS) is 14.2. The van der Waals surface area contributed by atoms with Gasteiger partial charge < -0.3 is 20.6 Å². The van der Waals surface area contributed by atoms with Crippen molar-refractivity contribution < 1.29 is 9.94 Å². The summed E-state index contributed by atoms with van der Waals surface area (Å²) in [7, 11) is 1.71. The fourth-order valence-electron chi connectivity index (χ4n) is 1.86. The van der Waals surface area contributed by atoms with Crippen molar-refractivity contribution in [2.45, 2.75) is 33.1 Å². The Morgan fingerprint density at radius 2 is 2.18 bits per heavy atom. The molecule has 102 valence electrons. The molecule has 5 heteroatoms. The number of methoxy groups -OCH3 is 1. The Hall–Kier alpha value is -0.810. The zero-order valence-corrected chi connectivity index (χ0v) is 11.4. The second kappa shape index (κ2) is 10.4. The van der Waals surface area contributed by atoms with E-state index < -0.39 is 0 Å². The second-order valence-corrected chi connectivity index (χ2v) is 4.53. The quantitative estimate of drug-likeness (QED) is 0.265. The largest absolute Gasteiger partial charge is 0.409 e. The van der Waals surface area contributed by atoms with Gasteiger partial charge in [-0.25, -0.2) is 0 Å². The van der Waals surface area contributed by atoms with Crippen molar-refractivity contribution in [3.05, 3.63) is 0 Å². The van der Waals surface area contributed by atoms with Gasteiger partial charge >= 0.3 is 0 Å². The van der Waals surface area contributed by atoms with Crippen LogP contribution in [0.5, 0.6) is 0 Å². The summed E-state index contributed by atoms with van der Waals surface area (Å²) in [5.41, 5.74) is 5.48. The summed E-state index contributed by atoms with van der Waals surface area (Å²) in [6.07, 6.45) is 3.03. The summed E-state index contributed by atoms with van der Waals surface area (Å²) in [5.74, 6) is 0.958. The Bertz CT molecular complexity index is 210. The highest BCUT2D eigenvalue weighted by atomic mass is 16.5. The molecule has 0 spiro atoms. The van der Waals surface area contributed by atoms with E-state index in [-0.39, 0.29) is 5.84 Å². The molecule has 0 aliphatic rings. The van der Waals surface area contributed by atoms with Gasteiger partial charge in [0, 0.05) is 33.2 Å². The Morgan fingerprint density at radius 3 is 2.71 bits per heavy atom. The lowest BCUT2D eigenvalue weighted by molar-refractivity contribution is 0.138. The SMILES string of the molecule is CCCC(C)CN(CCOC)CCC(N)=NO. The first-order chi connectivity index (χ1) is 8.13. The molecule has 17 heavy (non-hydrogen) atoms. The highest BCUT2D eigenvalue weighted by molar-refractivity contribution is 5.79. The number of amidine groups is 1. The first-order valence-corrected chi connectivity index (χ1v) is 6.31. The maximum atomic E-state index is 8.51. The summed E-state index contributed by atoms with van der Waals surface area (Å²) in [6, 6.07) is 0. The van der Waals surface area contributed by atoms with E-state index in [9.17, 15) is 0 Å². The summed E-state index contributed by atoms with van der Waals surface area (Å²) >= 11 is 0. The van der Waals surface area contributed by atoms with Crippen LogP contribution < -0.4 is 5.73 Å². The zero-order chi connectivity index (χ0) is 13.1. The Morgan fingerprint density at radius 1 is 1.47 bits per heavy atom. The van der Waals surface area contributed by atoms with Gasteiger partial charge in [-0.1, -0.05) is 25.4 Å². The van der Waals surface area contributed by atoms with Crippen LogP contribution in [0.15, 0.2) is 5.16 Å². The number of nitrogens with zero attached hydrogens (tertiary/aromatic N) is 2. The molecule has 5 nitrogen and oxygen atoms in total. The van der Waals surface area contributed by atoms with E-state index in [2.05, 4.69) is 23.9 Å². The zero-order valence-electron chi connectivity index (χ0n) is 11.4. The van der Waals surface area contributed by atoms with E-state index in [1.165, 1.54) is 12.8 Å². The van der Waals surface area contributed by atoms with Gasteiger partial charge in [-0.2, -0.15) is 0 Å². The number of nitrogens with two attached hydrogens (primary N) is 1. The monoisotopic (exact) mass is 245 g/mol. The maximum absolute atomic E-state index is 8.51. The van der Waals surface area contributed by atoms with Crippen molar-refractivity contribution in [2.75, 3.05) is 33.4 Å². The number of hydrogen-bond donors (Lipinski definition) is 2. The third-order valence-electron chi connectivity index (χ3n) is 2.78.